The van der Waals surface area contributed by atoms with Gasteiger partial charge in [-0.05, 0) is 18.4 Å². The molecule has 0 N–H and O–H groups in total. The first kappa shape index (κ1) is 14.8. The van der Waals surface area contributed by atoms with Crippen molar-refractivity contribution in [1.29, 1.82) is 10.5 Å². The largest absolute Gasteiger partial charge is 0.230 e. The summed E-state index contributed by atoms with van der Waals surface area (Å²) < 4.78 is 2.42. The van der Waals surface area contributed by atoms with Crippen LogP contribution in [-0.4, -0.2) is 11.2 Å². The molecule has 1 aromatic carbocycles. The second-order valence-electron chi connectivity index (χ2n) is 2.38. The normalized spacial score (nSPS) is 7.94. The van der Waals surface area contributed by atoms with Gasteiger partial charge in [-0.3, -0.25) is 0 Å². The minimum atomic E-state index is 0. The van der Waals surface area contributed by atoms with Gasteiger partial charge in [0.1, 0.15) is 0 Å². The Bertz CT molecular complexity index is 477. The van der Waals surface area contributed by atoms with Crippen molar-refractivity contribution >= 4 is 46.8 Å². The van der Waals surface area contributed by atoms with Crippen molar-refractivity contribution in [2.75, 3.05) is 6.26 Å². The lowest BCUT2D eigenvalue weighted by atomic mass is 10.3. The number of rotatable bonds is 1. The fourth-order valence-electron chi connectivity index (χ4n) is 0.938. The van der Waals surface area contributed by atoms with Gasteiger partial charge in [-0.25, -0.2) is 4.98 Å². The van der Waals surface area contributed by atoms with Crippen LogP contribution in [0.25, 0.3) is 10.2 Å². The molecular formula is C10H9N3S3. The van der Waals surface area contributed by atoms with Crippen LogP contribution in [0.15, 0.2) is 28.6 Å². The zero-order valence-electron chi connectivity index (χ0n) is 8.47. The van der Waals surface area contributed by atoms with Crippen LogP contribution in [-0.2, 0) is 0 Å². The second-order valence-corrected chi connectivity index (χ2v) is 4.46. The summed E-state index contributed by atoms with van der Waals surface area (Å²) in [4.78, 5) is 4.41. The lowest BCUT2D eigenvalue weighted by Crippen LogP contribution is -1.65. The van der Waals surface area contributed by atoms with Gasteiger partial charge >= 0.3 is 0 Å². The van der Waals surface area contributed by atoms with Crippen molar-refractivity contribution in [3.05, 3.63) is 24.3 Å². The molecule has 1 aromatic heterocycles. The maximum absolute atomic E-state index is 7.26. The Kier molecular flexibility index (Phi) is 7.40. The van der Waals surface area contributed by atoms with Crippen LogP contribution in [0.2, 0.25) is 0 Å². The SMILES string of the molecule is CSc1nc2ccccc2s1.N#CC#N.S. The number of thiazole rings is 1. The van der Waals surface area contributed by atoms with E-state index in [1.165, 1.54) is 16.8 Å². The highest BCUT2D eigenvalue weighted by atomic mass is 32.2. The summed E-state index contributed by atoms with van der Waals surface area (Å²) >= 11 is 3.45. The number of hydrogen-bond donors (Lipinski definition) is 0. The standard InChI is InChI=1S/C8H7NS2.C2N2.H2S/c1-10-8-9-6-4-2-3-5-7(6)11-8;3-1-2-4;/h2-5H,1H3;;1H2. The Morgan fingerprint density at radius 2 is 1.88 bits per heavy atom. The van der Waals surface area contributed by atoms with Gasteiger partial charge in [0.25, 0.3) is 0 Å². The first-order valence-corrected chi connectivity index (χ1v) is 6.03. The van der Waals surface area contributed by atoms with Crippen molar-refractivity contribution < 1.29 is 0 Å². The number of benzene rings is 1. The monoisotopic (exact) mass is 267 g/mol. The zero-order valence-corrected chi connectivity index (χ0v) is 11.1. The molecule has 3 nitrogen and oxygen atoms in total. The van der Waals surface area contributed by atoms with E-state index < -0.39 is 0 Å². The summed E-state index contributed by atoms with van der Waals surface area (Å²) in [6.45, 7) is 0. The molecule has 0 unspecified atom stereocenters. The average Bonchev–Trinajstić information content (AvgIpc) is 2.72. The summed E-state index contributed by atoms with van der Waals surface area (Å²) in [7, 11) is 0. The van der Waals surface area contributed by atoms with E-state index in [0.717, 1.165) is 9.86 Å². The number of hydrogen-bond acceptors (Lipinski definition) is 5. The van der Waals surface area contributed by atoms with Crippen LogP contribution in [0.4, 0.5) is 0 Å². The fraction of sp³-hybridized carbons (Fsp3) is 0.100. The first-order valence-electron chi connectivity index (χ1n) is 3.99. The molecule has 0 radical (unpaired) electrons. The molecular weight excluding hydrogens is 258 g/mol. The molecule has 0 spiro atoms. The van der Waals surface area contributed by atoms with Gasteiger partial charge in [0.15, 0.2) is 16.5 Å². The van der Waals surface area contributed by atoms with Crippen molar-refractivity contribution in [3.8, 4) is 12.1 Å². The number of aromatic nitrogens is 1. The summed E-state index contributed by atoms with van der Waals surface area (Å²) in [5, 5.41) is 14.5. The molecule has 0 aliphatic carbocycles. The summed E-state index contributed by atoms with van der Waals surface area (Å²) in [6, 6.07) is 10.7. The van der Waals surface area contributed by atoms with Gasteiger partial charge in [0.2, 0.25) is 0 Å². The number of para-hydroxylation sites is 1. The molecule has 0 saturated carbocycles. The zero-order chi connectivity index (χ0) is 11.1. The van der Waals surface area contributed by atoms with Gasteiger partial charge in [-0.2, -0.15) is 24.0 Å². The lowest BCUT2D eigenvalue weighted by Gasteiger charge is -1.80. The minimum absolute atomic E-state index is 0. The van der Waals surface area contributed by atoms with Gasteiger partial charge < -0.3 is 0 Å². The van der Waals surface area contributed by atoms with Crippen LogP contribution in [0.1, 0.15) is 0 Å². The Balaban J connectivity index is 0.000000397. The van der Waals surface area contributed by atoms with Crippen molar-refractivity contribution in [1.82, 2.24) is 4.98 Å². The molecule has 0 bridgehead atoms. The Morgan fingerprint density at radius 3 is 2.38 bits per heavy atom. The van der Waals surface area contributed by atoms with E-state index in [4.69, 9.17) is 10.5 Å². The fourth-order valence-corrected chi connectivity index (χ4v) is 2.43. The third-order valence-corrected chi connectivity index (χ3v) is 3.52. The molecule has 16 heavy (non-hydrogen) atoms. The quantitative estimate of drug-likeness (QED) is 0.745. The molecule has 82 valence electrons. The van der Waals surface area contributed by atoms with Crippen LogP contribution in [0.3, 0.4) is 0 Å². The topological polar surface area (TPSA) is 60.5 Å². The third-order valence-electron chi connectivity index (χ3n) is 1.50. The van der Waals surface area contributed by atoms with Crippen LogP contribution in [0, 0.1) is 22.7 Å². The minimum Gasteiger partial charge on any atom is -0.230 e. The molecule has 0 atom stereocenters. The van der Waals surface area contributed by atoms with E-state index in [1.54, 1.807) is 23.1 Å². The molecule has 0 aliphatic heterocycles. The Hall–Kier alpha value is -1.21. The van der Waals surface area contributed by atoms with Crippen LogP contribution < -0.4 is 0 Å². The number of nitriles is 2. The van der Waals surface area contributed by atoms with Gasteiger partial charge in [-0.1, -0.05) is 23.9 Å². The molecule has 6 heteroatoms. The summed E-state index contributed by atoms with van der Waals surface area (Å²) in [5.74, 6) is 0. The van der Waals surface area contributed by atoms with Crippen molar-refractivity contribution in [3.63, 3.8) is 0 Å². The highest BCUT2D eigenvalue weighted by Gasteiger charge is 1.99. The van der Waals surface area contributed by atoms with Gasteiger partial charge in [0.05, 0.1) is 10.2 Å². The molecule has 0 saturated heterocycles. The van der Waals surface area contributed by atoms with E-state index in [1.807, 2.05) is 18.2 Å². The maximum Gasteiger partial charge on any atom is 0.181 e. The van der Waals surface area contributed by atoms with Crippen LogP contribution >= 0.6 is 36.6 Å². The van der Waals surface area contributed by atoms with Gasteiger partial charge in [0, 0.05) is 0 Å². The Labute approximate surface area is 109 Å². The van der Waals surface area contributed by atoms with Gasteiger partial charge in [-0.15, -0.1) is 11.3 Å². The molecule has 2 aromatic rings. The Morgan fingerprint density at radius 1 is 1.25 bits per heavy atom. The predicted octanol–water partition coefficient (Wildman–Crippen LogP) is 3.16. The number of nitrogens with zero attached hydrogens (tertiary/aromatic N) is 3. The second kappa shape index (κ2) is 8.00. The highest BCUT2D eigenvalue weighted by molar-refractivity contribution is 8.00. The van der Waals surface area contributed by atoms with E-state index in [2.05, 4.69) is 17.3 Å². The van der Waals surface area contributed by atoms with E-state index in [0.29, 0.717) is 0 Å². The van der Waals surface area contributed by atoms with E-state index >= 15 is 0 Å². The smallest absolute Gasteiger partial charge is 0.181 e. The number of thioether (sulfide) groups is 1. The van der Waals surface area contributed by atoms with Crippen molar-refractivity contribution in [2.24, 2.45) is 0 Å². The third kappa shape index (κ3) is 4.11. The molecule has 0 aliphatic rings. The molecule has 2 rings (SSSR count). The maximum atomic E-state index is 7.26. The van der Waals surface area contributed by atoms with E-state index in [-0.39, 0.29) is 13.5 Å². The predicted molar refractivity (Wildman–Crippen MR) is 73.0 cm³/mol. The number of fused-ring (bicyclic) bond motifs is 1. The summed E-state index contributed by atoms with van der Waals surface area (Å²) in [5.41, 5.74) is 1.11. The van der Waals surface area contributed by atoms with Crippen molar-refractivity contribution in [2.45, 2.75) is 4.34 Å². The molecule has 1 heterocycles. The highest BCUT2D eigenvalue weighted by Crippen LogP contribution is 2.27. The average molecular weight is 267 g/mol. The first-order chi connectivity index (χ1) is 7.31. The molecule has 0 fully saturated rings. The lowest BCUT2D eigenvalue weighted by molar-refractivity contribution is 1.31. The molecule has 0 amide bonds. The van der Waals surface area contributed by atoms with Crippen LogP contribution in [0.5, 0.6) is 0 Å². The van der Waals surface area contributed by atoms with E-state index in [9.17, 15) is 0 Å². The summed E-state index contributed by atoms with van der Waals surface area (Å²) in [6.07, 6.45) is 2.05.